The Kier molecular flexibility index (Phi) is 3.25. The van der Waals surface area contributed by atoms with Crippen molar-refractivity contribution in [3.8, 4) is 11.1 Å². The molecule has 0 aliphatic carbocycles. The monoisotopic (exact) mass is 229 g/mol. The van der Waals surface area contributed by atoms with Crippen LogP contribution in [-0.2, 0) is 0 Å². The molecule has 1 nitrogen and oxygen atoms in total. The van der Waals surface area contributed by atoms with E-state index in [0.29, 0.717) is 5.56 Å². The fourth-order valence-electron chi connectivity index (χ4n) is 1.77. The molecule has 0 heterocycles. The second kappa shape index (κ2) is 4.68. The molecule has 0 aromatic heterocycles. The summed E-state index contributed by atoms with van der Waals surface area (Å²) in [5, 5.41) is 0. The van der Waals surface area contributed by atoms with Gasteiger partial charge in [-0.1, -0.05) is 30.3 Å². The van der Waals surface area contributed by atoms with Crippen molar-refractivity contribution in [2.45, 2.75) is 19.9 Å². The van der Waals surface area contributed by atoms with Crippen molar-refractivity contribution in [3.05, 3.63) is 59.4 Å². The van der Waals surface area contributed by atoms with Gasteiger partial charge in [0.1, 0.15) is 5.82 Å². The van der Waals surface area contributed by atoms with E-state index < -0.39 is 0 Å². The Morgan fingerprint density at radius 1 is 1.06 bits per heavy atom. The largest absolute Gasteiger partial charge is 0.324 e. The summed E-state index contributed by atoms with van der Waals surface area (Å²) >= 11 is 0. The normalized spacial score (nSPS) is 12.5. The first-order chi connectivity index (χ1) is 8.08. The first kappa shape index (κ1) is 11.8. The summed E-state index contributed by atoms with van der Waals surface area (Å²) < 4.78 is 13.5. The fraction of sp³-hybridized carbons (Fsp3) is 0.200. The van der Waals surface area contributed by atoms with Gasteiger partial charge in [-0.25, -0.2) is 4.39 Å². The van der Waals surface area contributed by atoms with E-state index in [0.717, 1.165) is 16.7 Å². The lowest BCUT2D eigenvalue weighted by atomic mass is 9.99. The number of nitrogens with two attached hydrogens (primary N) is 1. The van der Waals surface area contributed by atoms with Gasteiger partial charge in [0.05, 0.1) is 0 Å². The minimum atomic E-state index is -0.172. The van der Waals surface area contributed by atoms with Crippen LogP contribution in [-0.4, -0.2) is 0 Å². The molecule has 0 amide bonds. The molecule has 2 aromatic rings. The van der Waals surface area contributed by atoms with Crippen LogP contribution in [0.3, 0.4) is 0 Å². The van der Waals surface area contributed by atoms with Crippen molar-refractivity contribution in [2.24, 2.45) is 5.73 Å². The van der Waals surface area contributed by atoms with E-state index in [1.807, 2.05) is 37.3 Å². The Balaban J connectivity index is 2.45. The highest BCUT2D eigenvalue weighted by Crippen LogP contribution is 2.24. The lowest BCUT2D eigenvalue weighted by Crippen LogP contribution is -2.04. The third kappa shape index (κ3) is 2.53. The quantitative estimate of drug-likeness (QED) is 0.832. The number of halogens is 1. The Morgan fingerprint density at radius 3 is 2.41 bits per heavy atom. The van der Waals surface area contributed by atoms with E-state index >= 15 is 0 Å². The van der Waals surface area contributed by atoms with Crippen LogP contribution in [0.1, 0.15) is 24.1 Å². The van der Waals surface area contributed by atoms with Gasteiger partial charge in [0.25, 0.3) is 0 Å². The minimum Gasteiger partial charge on any atom is -0.324 e. The van der Waals surface area contributed by atoms with Crippen molar-refractivity contribution in [2.75, 3.05) is 0 Å². The fourth-order valence-corrected chi connectivity index (χ4v) is 1.77. The highest BCUT2D eigenvalue weighted by atomic mass is 19.1. The van der Waals surface area contributed by atoms with Gasteiger partial charge in [-0.3, -0.25) is 0 Å². The van der Waals surface area contributed by atoms with E-state index in [4.69, 9.17) is 5.73 Å². The van der Waals surface area contributed by atoms with Crippen LogP contribution in [0.25, 0.3) is 11.1 Å². The van der Waals surface area contributed by atoms with Gasteiger partial charge in [-0.15, -0.1) is 0 Å². The standard InChI is InChI=1S/C15H16FN/c1-10-6-7-14(9-15(10)16)13-5-3-4-12(8-13)11(2)17/h3-9,11H,17H2,1-2H3. The van der Waals surface area contributed by atoms with Gasteiger partial charge in [0.2, 0.25) is 0 Å². The van der Waals surface area contributed by atoms with Crippen molar-refractivity contribution >= 4 is 0 Å². The van der Waals surface area contributed by atoms with E-state index in [2.05, 4.69) is 0 Å². The third-order valence-electron chi connectivity index (χ3n) is 2.92. The number of rotatable bonds is 2. The summed E-state index contributed by atoms with van der Waals surface area (Å²) in [5.74, 6) is -0.172. The summed E-state index contributed by atoms with van der Waals surface area (Å²) in [5.41, 5.74) is 9.45. The van der Waals surface area contributed by atoms with Gasteiger partial charge in [0, 0.05) is 6.04 Å². The number of hydrogen-bond acceptors (Lipinski definition) is 1. The van der Waals surface area contributed by atoms with E-state index in [-0.39, 0.29) is 11.9 Å². The van der Waals surface area contributed by atoms with Gasteiger partial charge in [-0.2, -0.15) is 0 Å². The molecule has 2 heteroatoms. The maximum atomic E-state index is 13.5. The molecule has 0 radical (unpaired) electrons. The highest BCUT2D eigenvalue weighted by Gasteiger charge is 2.04. The molecule has 1 unspecified atom stereocenters. The van der Waals surface area contributed by atoms with Crippen LogP contribution in [0.4, 0.5) is 4.39 Å². The van der Waals surface area contributed by atoms with E-state index in [1.165, 1.54) is 0 Å². The van der Waals surface area contributed by atoms with Gasteiger partial charge in [-0.05, 0) is 48.2 Å². The molecule has 17 heavy (non-hydrogen) atoms. The molecular weight excluding hydrogens is 213 g/mol. The summed E-state index contributed by atoms with van der Waals surface area (Å²) in [6.07, 6.45) is 0. The molecule has 88 valence electrons. The maximum absolute atomic E-state index is 13.5. The van der Waals surface area contributed by atoms with Crippen molar-refractivity contribution in [1.82, 2.24) is 0 Å². The molecule has 0 aliphatic heterocycles. The van der Waals surface area contributed by atoms with Crippen LogP contribution in [0.5, 0.6) is 0 Å². The first-order valence-electron chi connectivity index (χ1n) is 5.70. The molecule has 2 aromatic carbocycles. The molecule has 0 aliphatic rings. The molecule has 0 spiro atoms. The summed E-state index contributed by atoms with van der Waals surface area (Å²) in [6, 6.07) is 13.2. The number of hydrogen-bond donors (Lipinski definition) is 1. The average Bonchev–Trinajstić information content (AvgIpc) is 2.33. The summed E-state index contributed by atoms with van der Waals surface area (Å²) in [4.78, 5) is 0. The Hall–Kier alpha value is -1.67. The van der Waals surface area contributed by atoms with Gasteiger partial charge in [0.15, 0.2) is 0 Å². The average molecular weight is 229 g/mol. The Labute approximate surface area is 101 Å². The predicted molar refractivity (Wildman–Crippen MR) is 69.2 cm³/mol. The van der Waals surface area contributed by atoms with Gasteiger partial charge >= 0.3 is 0 Å². The van der Waals surface area contributed by atoms with Crippen molar-refractivity contribution in [1.29, 1.82) is 0 Å². The molecular formula is C15H16FN. The first-order valence-corrected chi connectivity index (χ1v) is 5.70. The SMILES string of the molecule is Cc1ccc(-c2cccc(C(C)N)c2)cc1F. The third-order valence-corrected chi connectivity index (χ3v) is 2.92. The second-order valence-corrected chi connectivity index (χ2v) is 4.38. The zero-order valence-electron chi connectivity index (χ0n) is 10.1. The predicted octanol–water partition coefficient (Wildman–Crippen LogP) is 3.82. The van der Waals surface area contributed by atoms with Crippen molar-refractivity contribution in [3.63, 3.8) is 0 Å². The minimum absolute atomic E-state index is 0.00903. The van der Waals surface area contributed by atoms with Crippen LogP contribution < -0.4 is 5.73 Å². The Morgan fingerprint density at radius 2 is 1.76 bits per heavy atom. The summed E-state index contributed by atoms with van der Waals surface area (Å²) in [6.45, 7) is 3.70. The maximum Gasteiger partial charge on any atom is 0.126 e. The Bertz CT molecular complexity index is 532. The van der Waals surface area contributed by atoms with Crippen LogP contribution >= 0.6 is 0 Å². The van der Waals surface area contributed by atoms with Gasteiger partial charge < -0.3 is 5.73 Å². The lowest BCUT2D eigenvalue weighted by Gasteiger charge is -2.09. The molecule has 2 N–H and O–H groups in total. The van der Waals surface area contributed by atoms with E-state index in [1.54, 1.807) is 19.1 Å². The van der Waals surface area contributed by atoms with E-state index in [9.17, 15) is 4.39 Å². The molecule has 0 saturated carbocycles. The topological polar surface area (TPSA) is 26.0 Å². The second-order valence-electron chi connectivity index (χ2n) is 4.38. The molecule has 1 atom stereocenters. The molecule has 0 bridgehead atoms. The zero-order valence-corrected chi connectivity index (χ0v) is 10.1. The lowest BCUT2D eigenvalue weighted by molar-refractivity contribution is 0.619. The molecule has 0 fully saturated rings. The molecule has 2 rings (SSSR count). The summed E-state index contributed by atoms with van der Waals surface area (Å²) in [7, 11) is 0. The number of aryl methyl sites for hydroxylation is 1. The molecule has 0 saturated heterocycles. The number of benzene rings is 2. The highest BCUT2D eigenvalue weighted by molar-refractivity contribution is 5.64. The van der Waals surface area contributed by atoms with Crippen LogP contribution in [0.2, 0.25) is 0 Å². The zero-order chi connectivity index (χ0) is 12.4. The van der Waals surface area contributed by atoms with Crippen molar-refractivity contribution < 1.29 is 4.39 Å². The van der Waals surface area contributed by atoms with Crippen LogP contribution in [0, 0.1) is 12.7 Å². The smallest absolute Gasteiger partial charge is 0.126 e. The van der Waals surface area contributed by atoms with Crippen LogP contribution in [0.15, 0.2) is 42.5 Å².